The third-order valence-electron chi connectivity index (χ3n) is 1.73. The Morgan fingerprint density at radius 2 is 2.07 bits per heavy atom. The van der Waals surface area contributed by atoms with Gasteiger partial charge in [0.2, 0.25) is 0 Å². The summed E-state index contributed by atoms with van der Waals surface area (Å²) in [5.41, 5.74) is 1.05. The van der Waals surface area contributed by atoms with E-state index < -0.39 is 0 Å². The maximum atomic E-state index is 10.4. The molecule has 0 saturated carbocycles. The van der Waals surface area contributed by atoms with Crippen molar-refractivity contribution in [3.63, 3.8) is 0 Å². The van der Waals surface area contributed by atoms with E-state index in [1.165, 1.54) is 4.90 Å². The van der Waals surface area contributed by atoms with E-state index in [2.05, 4.69) is 42.8 Å². The van der Waals surface area contributed by atoms with Crippen LogP contribution in [0.1, 0.15) is 26.3 Å². The molecule has 82 valence electrons. The fourth-order valence-corrected chi connectivity index (χ4v) is 2.80. The number of halogens is 1. The summed E-state index contributed by atoms with van der Waals surface area (Å²) in [7, 11) is 0. The molecular formula is C12H15BrOS. The molecule has 0 radical (unpaired) electrons. The van der Waals surface area contributed by atoms with E-state index in [1.807, 2.05) is 23.9 Å². The zero-order valence-electron chi connectivity index (χ0n) is 9.21. The summed E-state index contributed by atoms with van der Waals surface area (Å²) in [5, 5.41) is 0. The minimum Gasteiger partial charge on any atom is -0.303 e. The molecular weight excluding hydrogens is 272 g/mol. The highest BCUT2D eigenvalue weighted by Crippen LogP contribution is 2.36. The van der Waals surface area contributed by atoms with E-state index in [-0.39, 0.29) is 4.75 Å². The van der Waals surface area contributed by atoms with Gasteiger partial charge in [0.1, 0.15) is 6.29 Å². The first kappa shape index (κ1) is 12.8. The molecule has 0 aliphatic carbocycles. The number of carbonyl (C=O) groups excluding carboxylic acids is 1. The van der Waals surface area contributed by atoms with Crippen molar-refractivity contribution in [2.24, 2.45) is 0 Å². The molecule has 0 bridgehead atoms. The summed E-state index contributed by atoms with van der Waals surface area (Å²) in [5.74, 6) is 0. The predicted molar refractivity (Wildman–Crippen MR) is 69.5 cm³/mol. The van der Waals surface area contributed by atoms with Gasteiger partial charge in [0, 0.05) is 20.5 Å². The predicted octanol–water partition coefficient (Wildman–Crippen LogP) is 4.08. The molecule has 0 spiro atoms. The molecule has 0 atom stereocenters. The highest BCUT2D eigenvalue weighted by Gasteiger charge is 2.14. The number of thioether (sulfide) groups is 1. The Bertz CT molecular complexity index is 355. The Kier molecular flexibility index (Phi) is 4.41. The first-order valence-electron chi connectivity index (χ1n) is 4.83. The highest BCUT2D eigenvalue weighted by atomic mass is 79.9. The zero-order chi connectivity index (χ0) is 11.5. The van der Waals surface area contributed by atoms with Crippen LogP contribution in [0, 0.1) is 0 Å². The van der Waals surface area contributed by atoms with Gasteiger partial charge in [-0.15, -0.1) is 11.8 Å². The van der Waals surface area contributed by atoms with Gasteiger partial charge in [-0.3, -0.25) is 0 Å². The molecule has 0 saturated heterocycles. The number of hydrogen-bond acceptors (Lipinski definition) is 2. The SMILES string of the molecule is CC(C)(C)Sc1ccc(CC=O)cc1Br. The molecule has 1 aromatic rings. The van der Waals surface area contributed by atoms with Crippen molar-refractivity contribution in [1.29, 1.82) is 0 Å². The van der Waals surface area contributed by atoms with Gasteiger partial charge in [0.25, 0.3) is 0 Å². The Labute approximate surface area is 104 Å². The lowest BCUT2D eigenvalue weighted by Gasteiger charge is -2.18. The molecule has 0 unspecified atom stereocenters. The molecule has 0 heterocycles. The van der Waals surface area contributed by atoms with Gasteiger partial charge in [-0.1, -0.05) is 26.8 Å². The Morgan fingerprint density at radius 3 is 2.53 bits per heavy atom. The fraction of sp³-hybridized carbons (Fsp3) is 0.417. The summed E-state index contributed by atoms with van der Waals surface area (Å²) in [4.78, 5) is 11.6. The van der Waals surface area contributed by atoms with Crippen LogP contribution < -0.4 is 0 Å². The van der Waals surface area contributed by atoms with Crippen LogP contribution >= 0.6 is 27.7 Å². The van der Waals surface area contributed by atoms with Crippen molar-refractivity contribution >= 4 is 34.0 Å². The summed E-state index contributed by atoms with van der Waals surface area (Å²) in [6.07, 6.45) is 1.41. The van der Waals surface area contributed by atoms with E-state index in [9.17, 15) is 4.79 Å². The summed E-state index contributed by atoms with van der Waals surface area (Å²) in [6.45, 7) is 6.55. The lowest BCUT2D eigenvalue weighted by molar-refractivity contribution is -0.107. The van der Waals surface area contributed by atoms with Crippen LogP contribution in [0.5, 0.6) is 0 Å². The number of carbonyl (C=O) groups is 1. The molecule has 1 rings (SSSR count). The van der Waals surface area contributed by atoms with Crippen molar-refractivity contribution in [3.8, 4) is 0 Å². The lowest BCUT2D eigenvalue weighted by Crippen LogP contribution is -2.06. The van der Waals surface area contributed by atoms with Crippen molar-refractivity contribution < 1.29 is 4.79 Å². The van der Waals surface area contributed by atoms with Gasteiger partial charge in [0.05, 0.1) is 0 Å². The first-order chi connectivity index (χ1) is 6.92. The number of benzene rings is 1. The van der Waals surface area contributed by atoms with Crippen LogP contribution in [-0.4, -0.2) is 11.0 Å². The fourth-order valence-electron chi connectivity index (χ4n) is 1.18. The van der Waals surface area contributed by atoms with Crippen LogP contribution in [0.15, 0.2) is 27.6 Å². The molecule has 1 nitrogen and oxygen atoms in total. The minimum absolute atomic E-state index is 0.203. The number of hydrogen-bond donors (Lipinski definition) is 0. The highest BCUT2D eigenvalue weighted by molar-refractivity contribution is 9.10. The largest absolute Gasteiger partial charge is 0.303 e. The van der Waals surface area contributed by atoms with Crippen LogP contribution in [-0.2, 0) is 11.2 Å². The summed E-state index contributed by atoms with van der Waals surface area (Å²) >= 11 is 5.35. The number of aldehydes is 1. The maximum absolute atomic E-state index is 10.4. The van der Waals surface area contributed by atoms with Gasteiger partial charge >= 0.3 is 0 Å². The van der Waals surface area contributed by atoms with E-state index in [0.717, 1.165) is 16.3 Å². The average Bonchev–Trinajstić information content (AvgIpc) is 2.08. The van der Waals surface area contributed by atoms with Crippen LogP contribution in [0.4, 0.5) is 0 Å². The number of rotatable bonds is 3. The molecule has 1 aromatic carbocycles. The van der Waals surface area contributed by atoms with Crippen LogP contribution in [0.25, 0.3) is 0 Å². The van der Waals surface area contributed by atoms with E-state index in [0.29, 0.717) is 6.42 Å². The Balaban J connectivity index is 2.88. The molecule has 15 heavy (non-hydrogen) atoms. The quantitative estimate of drug-likeness (QED) is 0.615. The third-order valence-corrected chi connectivity index (χ3v) is 3.84. The zero-order valence-corrected chi connectivity index (χ0v) is 11.6. The molecule has 0 aliphatic rings. The van der Waals surface area contributed by atoms with E-state index >= 15 is 0 Å². The minimum atomic E-state index is 0.203. The molecule has 0 fully saturated rings. The van der Waals surface area contributed by atoms with E-state index in [4.69, 9.17) is 0 Å². The smallest absolute Gasteiger partial charge is 0.124 e. The standard InChI is InChI=1S/C12H15BrOS/c1-12(2,3)15-11-5-4-9(6-7-14)8-10(11)13/h4-5,7-8H,6H2,1-3H3. The Morgan fingerprint density at radius 1 is 1.40 bits per heavy atom. The molecule has 0 amide bonds. The van der Waals surface area contributed by atoms with Gasteiger partial charge in [-0.25, -0.2) is 0 Å². The second kappa shape index (κ2) is 5.17. The maximum Gasteiger partial charge on any atom is 0.124 e. The molecule has 0 N–H and O–H groups in total. The normalized spacial score (nSPS) is 11.5. The van der Waals surface area contributed by atoms with Gasteiger partial charge in [0.15, 0.2) is 0 Å². The van der Waals surface area contributed by atoms with Crippen molar-refractivity contribution in [3.05, 3.63) is 28.2 Å². The van der Waals surface area contributed by atoms with E-state index in [1.54, 1.807) is 0 Å². The second-order valence-corrected chi connectivity index (χ2v) is 7.07. The molecule has 0 aromatic heterocycles. The Hall–Kier alpha value is -0.280. The van der Waals surface area contributed by atoms with Gasteiger partial charge < -0.3 is 4.79 Å². The molecule has 0 aliphatic heterocycles. The summed E-state index contributed by atoms with van der Waals surface area (Å²) in [6, 6.07) is 6.09. The lowest BCUT2D eigenvalue weighted by atomic mass is 10.2. The van der Waals surface area contributed by atoms with Crippen molar-refractivity contribution in [2.75, 3.05) is 0 Å². The monoisotopic (exact) mass is 286 g/mol. The third kappa shape index (κ3) is 4.39. The van der Waals surface area contributed by atoms with Crippen LogP contribution in [0.2, 0.25) is 0 Å². The average molecular weight is 287 g/mol. The topological polar surface area (TPSA) is 17.1 Å². The van der Waals surface area contributed by atoms with Crippen LogP contribution in [0.3, 0.4) is 0 Å². The van der Waals surface area contributed by atoms with Crippen molar-refractivity contribution in [2.45, 2.75) is 36.8 Å². The van der Waals surface area contributed by atoms with Crippen molar-refractivity contribution in [1.82, 2.24) is 0 Å². The van der Waals surface area contributed by atoms with Gasteiger partial charge in [-0.2, -0.15) is 0 Å². The second-order valence-electron chi connectivity index (χ2n) is 4.35. The summed E-state index contributed by atoms with van der Waals surface area (Å²) < 4.78 is 1.27. The van der Waals surface area contributed by atoms with Gasteiger partial charge in [-0.05, 0) is 33.6 Å². The molecule has 3 heteroatoms. The first-order valence-corrected chi connectivity index (χ1v) is 6.44.